The molecule has 9 heteroatoms. The maximum atomic E-state index is 14.0. The van der Waals surface area contributed by atoms with Crippen molar-refractivity contribution < 1.29 is 14.6 Å². The lowest BCUT2D eigenvalue weighted by Gasteiger charge is -2.52. The van der Waals surface area contributed by atoms with Crippen molar-refractivity contribution in [3.05, 3.63) is 99.3 Å². The van der Waals surface area contributed by atoms with Gasteiger partial charge in [-0.1, -0.05) is 23.2 Å². The van der Waals surface area contributed by atoms with E-state index in [0.717, 1.165) is 0 Å². The summed E-state index contributed by atoms with van der Waals surface area (Å²) in [7, 11) is 0. The smallest absolute Gasteiger partial charge is 0.332 e. The van der Waals surface area contributed by atoms with Gasteiger partial charge in [0.05, 0.1) is 25.9 Å². The molecule has 3 aromatic carbocycles. The summed E-state index contributed by atoms with van der Waals surface area (Å²) in [6, 6.07) is 19.2. The van der Waals surface area contributed by atoms with E-state index in [2.05, 4.69) is 4.85 Å². The fraction of sp³-hybridized carbons (Fsp3) is 0.160. The van der Waals surface area contributed by atoms with Crippen LogP contribution in [0.25, 0.3) is 4.85 Å². The van der Waals surface area contributed by atoms with E-state index in [9.17, 15) is 15.2 Å². The molecule has 2 heterocycles. The van der Waals surface area contributed by atoms with Crippen molar-refractivity contribution in [2.24, 2.45) is 0 Å². The Bertz CT molecular complexity index is 1340. The Morgan fingerprint density at radius 1 is 0.971 bits per heavy atom. The first kappa shape index (κ1) is 22.2. The lowest BCUT2D eigenvalue weighted by Crippen LogP contribution is -2.70. The Kier molecular flexibility index (Phi) is 5.24. The number of amides is 2. The highest BCUT2D eigenvalue weighted by atomic mass is 35.5. The van der Waals surface area contributed by atoms with Crippen LogP contribution in [0.5, 0.6) is 0 Å². The van der Waals surface area contributed by atoms with Gasteiger partial charge in [0.2, 0.25) is 0 Å². The van der Waals surface area contributed by atoms with Gasteiger partial charge in [0.25, 0.3) is 0 Å². The van der Waals surface area contributed by atoms with Gasteiger partial charge in [-0.05, 0) is 72.3 Å². The van der Waals surface area contributed by atoms with Gasteiger partial charge in [0, 0.05) is 27.0 Å². The number of aliphatic hydroxyl groups is 1. The van der Waals surface area contributed by atoms with E-state index in [1.807, 2.05) is 6.07 Å². The summed E-state index contributed by atoms with van der Waals surface area (Å²) in [5.74, 6) is 0. The van der Waals surface area contributed by atoms with Crippen molar-refractivity contribution in [2.75, 3.05) is 23.0 Å². The van der Waals surface area contributed by atoms with Crippen LogP contribution >= 0.6 is 23.2 Å². The van der Waals surface area contributed by atoms with Crippen LogP contribution in [0.3, 0.4) is 0 Å². The minimum Gasteiger partial charge on any atom is -0.376 e. The topological polar surface area (TPSA) is 81.2 Å². The third-order valence-electron chi connectivity index (χ3n) is 6.21. The van der Waals surface area contributed by atoms with E-state index in [4.69, 9.17) is 34.5 Å². The van der Waals surface area contributed by atoms with E-state index in [1.54, 1.807) is 48.5 Å². The molecule has 0 aliphatic carbocycles. The van der Waals surface area contributed by atoms with Crippen LogP contribution in [0.2, 0.25) is 10.0 Å². The van der Waals surface area contributed by atoms with Crippen molar-refractivity contribution in [1.82, 2.24) is 0 Å². The molecule has 1 atom stereocenters. The van der Waals surface area contributed by atoms with Crippen LogP contribution in [-0.4, -0.2) is 29.9 Å². The first-order valence-corrected chi connectivity index (χ1v) is 11.0. The largest absolute Gasteiger partial charge is 0.376 e. The SMILES string of the molecule is [C-]#[N+]c1cc(C#N)cc(C2(O)N(c3ccc(Cl)cc3)C(=O)N(c3ccc(Cl)cc3)C23COC3)c1. The fourth-order valence-corrected chi connectivity index (χ4v) is 4.84. The highest BCUT2D eigenvalue weighted by Crippen LogP contribution is 2.54. The second-order valence-corrected chi connectivity index (χ2v) is 8.97. The van der Waals surface area contributed by atoms with Gasteiger partial charge in [-0.2, -0.15) is 5.26 Å². The molecule has 3 aromatic rings. The highest BCUT2D eigenvalue weighted by molar-refractivity contribution is 6.31. The number of nitrogens with zero attached hydrogens (tertiary/aromatic N) is 4. The van der Waals surface area contributed by atoms with E-state index in [1.165, 1.54) is 28.0 Å². The van der Waals surface area contributed by atoms with Crippen molar-refractivity contribution in [1.29, 1.82) is 5.26 Å². The molecule has 1 spiro atoms. The Balaban J connectivity index is 1.80. The molecule has 7 nitrogen and oxygen atoms in total. The van der Waals surface area contributed by atoms with Crippen molar-refractivity contribution in [2.45, 2.75) is 11.3 Å². The van der Waals surface area contributed by atoms with Gasteiger partial charge in [-0.25, -0.2) is 9.64 Å². The zero-order valence-electron chi connectivity index (χ0n) is 17.6. The number of hydrogen-bond donors (Lipinski definition) is 1. The molecule has 1 N–H and O–H groups in total. The number of carbonyl (C=O) groups excluding carboxylic acids is 1. The molecular weight excluding hydrogens is 475 g/mol. The molecule has 0 saturated carbocycles. The highest BCUT2D eigenvalue weighted by Gasteiger charge is 2.72. The maximum Gasteiger partial charge on any atom is 0.332 e. The predicted octanol–water partition coefficient (Wildman–Crippen LogP) is 5.48. The molecule has 2 aliphatic rings. The van der Waals surface area contributed by atoms with Gasteiger partial charge in [-0.15, -0.1) is 0 Å². The van der Waals surface area contributed by atoms with Crippen LogP contribution < -0.4 is 9.80 Å². The van der Waals surface area contributed by atoms with Crippen molar-refractivity contribution in [3.63, 3.8) is 0 Å². The van der Waals surface area contributed by atoms with Gasteiger partial charge < -0.3 is 9.84 Å². The molecule has 0 bridgehead atoms. The summed E-state index contributed by atoms with van der Waals surface area (Å²) in [5, 5.41) is 23.1. The number of anilines is 2. The van der Waals surface area contributed by atoms with Crippen molar-refractivity contribution >= 4 is 46.3 Å². The van der Waals surface area contributed by atoms with Gasteiger partial charge in [0.1, 0.15) is 5.54 Å². The first-order chi connectivity index (χ1) is 16.3. The molecule has 168 valence electrons. The summed E-state index contributed by atoms with van der Waals surface area (Å²) in [5.41, 5.74) is -1.68. The Hall–Kier alpha value is -3.59. The van der Waals surface area contributed by atoms with Crippen LogP contribution in [-0.2, 0) is 10.5 Å². The van der Waals surface area contributed by atoms with Crippen LogP contribution in [0.4, 0.5) is 21.9 Å². The van der Waals surface area contributed by atoms with Gasteiger partial charge >= 0.3 is 6.03 Å². The average molecular weight is 491 g/mol. The molecule has 0 radical (unpaired) electrons. The van der Waals surface area contributed by atoms with Gasteiger partial charge in [0.15, 0.2) is 11.4 Å². The molecule has 0 aromatic heterocycles. The van der Waals surface area contributed by atoms with Crippen LogP contribution in [0, 0.1) is 17.9 Å². The minimum absolute atomic E-state index is 0.0338. The molecule has 2 saturated heterocycles. The summed E-state index contributed by atoms with van der Waals surface area (Å²) in [6.07, 6.45) is 0. The number of halogens is 2. The Morgan fingerprint density at radius 2 is 1.53 bits per heavy atom. The normalized spacial score (nSPS) is 20.7. The third-order valence-corrected chi connectivity index (χ3v) is 6.72. The third kappa shape index (κ3) is 3.07. The number of nitriles is 1. The average Bonchev–Trinajstić information content (AvgIpc) is 3.04. The number of ether oxygens (including phenoxy) is 1. The number of urea groups is 1. The van der Waals surface area contributed by atoms with E-state index in [-0.39, 0.29) is 30.0 Å². The maximum absolute atomic E-state index is 14.0. The Labute approximate surface area is 205 Å². The monoisotopic (exact) mass is 490 g/mol. The second kappa shape index (κ2) is 8.02. The molecule has 2 amide bonds. The van der Waals surface area contributed by atoms with Crippen molar-refractivity contribution in [3.8, 4) is 6.07 Å². The summed E-state index contributed by atoms with van der Waals surface area (Å²) >= 11 is 12.2. The molecule has 2 fully saturated rings. The summed E-state index contributed by atoms with van der Waals surface area (Å²) in [4.78, 5) is 20.3. The summed E-state index contributed by atoms with van der Waals surface area (Å²) in [6.45, 7) is 7.53. The zero-order chi connectivity index (χ0) is 24.1. The number of hydrogen-bond acceptors (Lipinski definition) is 4. The molecule has 5 rings (SSSR count). The van der Waals surface area contributed by atoms with Crippen LogP contribution in [0.1, 0.15) is 11.1 Å². The number of rotatable bonds is 3. The molecule has 34 heavy (non-hydrogen) atoms. The van der Waals surface area contributed by atoms with E-state index in [0.29, 0.717) is 21.4 Å². The van der Waals surface area contributed by atoms with E-state index >= 15 is 0 Å². The zero-order valence-corrected chi connectivity index (χ0v) is 19.1. The fourth-order valence-electron chi connectivity index (χ4n) is 4.59. The lowest BCUT2D eigenvalue weighted by molar-refractivity contribution is -0.153. The predicted molar refractivity (Wildman–Crippen MR) is 128 cm³/mol. The first-order valence-electron chi connectivity index (χ1n) is 10.2. The lowest BCUT2D eigenvalue weighted by atomic mass is 9.78. The standard InChI is InChI=1S/C25H16Cl2N4O3/c1-29-20-11-16(13-28)10-17(12-20)25(33)24(14-34-15-24)30(21-6-2-18(26)3-7-21)23(32)31(25)22-8-4-19(27)5-9-22/h2-12,33H,14-15H2. The molecular formula is C25H16Cl2N4O3. The second-order valence-electron chi connectivity index (χ2n) is 8.09. The minimum atomic E-state index is -1.97. The summed E-state index contributed by atoms with van der Waals surface area (Å²) < 4.78 is 5.56. The molecule has 1 unspecified atom stereocenters. The number of carbonyl (C=O) groups is 1. The molecule has 2 aliphatic heterocycles. The van der Waals surface area contributed by atoms with Crippen LogP contribution in [0.15, 0.2) is 66.7 Å². The van der Waals surface area contributed by atoms with E-state index < -0.39 is 17.3 Å². The number of benzene rings is 3. The quantitative estimate of drug-likeness (QED) is 0.493. The van der Waals surface area contributed by atoms with Gasteiger partial charge in [-0.3, -0.25) is 9.80 Å². The Morgan fingerprint density at radius 3 is 2.00 bits per heavy atom.